The zero-order valence-corrected chi connectivity index (χ0v) is 11.8. The van der Waals surface area contributed by atoms with Crippen LogP contribution >= 0.6 is 0 Å². The second-order valence-electron chi connectivity index (χ2n) is 5.51. The number of nitrogens with two attached hydrogens (primary N) is 1. The van der Waals surface area contributed by atoms with Crippen LogP contribution in [0.3, 0.4) is 0 Å². The molecule has 2 atom stereocenters. The van der Waals surface area contributed by atoms with E-state index < -0.39 is 9.84 Å². The van der Waals surface area contributed by atoms with Gasteiger partial charge in [0.2, 0.25) is 0 Å². The van der Waals surface area contributed by atoms with Crippen molar-refractivity contribution in [2.24, 2.45) is 11.1 Å². The van der Waals surface area contributed by atoms with Crippen molar-refractivity contribution in [2.45, 2.75) is 38.7 Å². The summed E-state index contributed by atoms with van der Waals surface area (Å²) in [5.41, 5.74) is 5.89. The summed E-state index contributed by atoms with van der Waals surface area (Å²) in [4.78, 5) is 0.255. The molecule has 1 aliphatic carbocycles. The zero-order valence-electron chi connectivity index (χ0n) is 11.0. The quantitative estimate of drug-likeness (QED) is 0.830. The van der Waals surface area contributed by atoms with E-state index in [-0.39, 0.29) is 16.4 Å². The molecule has 1 saturated heterocycles. The van der Waals surface area contributed by atoms with Gasteiger partial charge >= 0.3 is 0 Å². The molecule has 1 aliphatic heterocycles. The van der Waals surface area contributed by atoms with Gasteiger partial charge in [0.05, 0.1) is 11.0 Å². The summed E-state index contributed by atoms with van der Waals surface area (Å²) in [5, 5.41) is 0. The fourth-order valence-electron chi connectivity index (χ4n) is 2.68. The van der Waals surface area contributed by atoms with Gasteiger partial charge in [-0.3, -0.25) is 0 Å². The molecule has 2 rings (SSSR count). The van der Waals surface area contributed by atoms with Crippen molar-refractivity contribution in [1.82, 2.24) is 0 Å². The van der Waals surface area contributed by atoms with E-state index in [1.54, 1.807) is 6.08 Å². The van der Waals surface area contributed by atoms with Crippen LogP contribution in [0.2, 0.25) is 0 Å². The largest absolute Gasteiger partial charge is 0.398 e. The Hall–Kier alpha value is -0.810. The molecule has 0 spiro atoms. The standard InChI is InChI=1S/C13H21NO3S/c1-13(12-5-3-4-8-17-12)7-6-10(14)11(9-13)18(2,15)16/h6,9,12H,3-5,7-8,14H2,1-2H3/t12-,13?/m1/s1. The average Bonchev–Trinajstić information content (AvgIpc) is 2.32. The second kappa shape index (κ2) is 4.70. The molecule has 1 heterocycles. The Labute approximate surface area is 109 Å². The smallest absolute Gasteiger partial charge is 0.177 e. The van der Waals surface area contributed by atoms with E-state index in [0.29, 0.717) is 5.70 Å². The Morgan fingerprint density at radius 2 is 2.17 bits per heavy atom. The molecule has 0 aromatic carbocycles. The topological polar surface area (TPSA) is 69.4 Å². The number of hydrogen-bond donors (Lipinski definition) is 1. The van der Waals surface area contributed by atoms with E-state index in [0.717, 1.165) is 32.3 Å². The molecule has 0 radical (unpaired) electrons. The third-order valence-corrected chi connectivity index (χ3v) is 4.97. The molecule has 0 amide bonds. The Morgan fingerprint density at radius 1 is 1.44 bits per heavy atom. The minimum absolute atomic E-state index is 0.0901. The Balaban J connectivity index is 2.33. The lowest BCUT2D eigenvalue weighted by Gasteiger charge is -2.39. The maximum Gasteiger partial charge on any atom is 0.177 e. The van der Waals surface area contributed by atoms with E-state index in [4.69, 9.17) is 10.5 Å². The highest BCUT2D eigenvalue weighted by molar-refractivity contribution is 7.94. The van der Waals surface area contributed by atoms with Crippen LogP contribution < -0.4 is 5.73 Å². The Kier molecular flexibility index (Phi) is 3.56. The van der Waals surface area contributed by atoms with E-state index in [9.17, 15) is 8.42 Å². The minimum Gasteiger partial charge on any atom is -0.398 e. The van der Waals surface area contributed by atoms with Gasteiger partial charge in [-0.1, -0.05) is 19.1 Å². The van der Waals surface area contributed by atoms with Crippen LogP contribution in [-0.2, 0) is 14.6 Å². The highest BCUT2D eigenvalue weighted by atomic mass is 32.2. The Morgan fingerprint density at radius 3 is 2.72 bits per heavy atom. The summed E-state index contributed by atoms with van der Waals surface area (Å²) in [7, 11) is -3.27. The molecule has 0 bridgehead atoms. The van der Waals surface area contributed by atoms with Crippen LogP contribution in [0.1, 0.15) is 32.6 Å². The SMILES string of the molecule is CC1([C@H]2CCCCO2)C=C(S(C)(=O)=O)C(N)=CC1. The van der Waals surface area contributed by atoms with Gasteiger partial charge in [-0.25, -0.2) is 8.42 Å². The van der Waals surface area contributed by atoms with Crippen molar-refractivity contribution in [3.8, 4) is 0 Å². The summed E-state index contributed by atoms with van der Waals surface area (Å²) >= 11 is 0. The van der Waals surface area contributed by atoms with Crippen molar-refractivity contribution < 1.29 is 13.2 Å². The average molecular weight is 271 g/mol. The predicted molar refractivity (Wildman–Crippen MR) is 71.5 cm³/mol. The molecule has 18 heavy (non-hydrogen) atoms. The van der Waals surface area contributed by atoms with Gasteiger partial charge in [-0.05, 0) is 25.7 Å². The maximum atomic E-state index is 11.7. The number of sulfone groups is 1. The van der Waals surface area contributed by atoms with Crippen LogP contribution in [0.4, 0.5) is 0 Å². The lowest BCUT2D eigenvalue weighted by Crippen LogP contribution is -2.38. The summed E-state index contributed by atoms with van der Waals surface area (Å²) in [6.45, 7) is 2.82. The summed E-state index contributed by atoms with van der Waals surface area (Å²) in [6.07, 6.45) is 8.86. The molecular formula is C13H21NO3S. The van der Waals surface area contributed by atoms with Crippen LogP contribution in [0.15, 0.2) is 22.8 Å². The van der Waals surface area contributed by atoms with Gasteiger partial charge in [0, 0.05) is 24.0 Å². The van der Waals surface area contributed by atoms with Crippen molar-refractivity contribution >= 4 is 9.84 Å². The Bertz CT molecular complexity index is 486. The van der Waals surface area contributed by atoms with Crippen LogP contribution in [0.5, 0.6) is 0 Å². The molecule has 4 nitrogen and oxygen atoms in total. The highest BCUT2D eigenvalue weighted by Crippen LogP contribution is 2.40. The monoisotopic (exact) mass is 271 g/mol. The number of rotatable bonds is 2. The molecule has 0 aromatic heterocycles. The van der Waals surface area contributed by atoms with Crippen molar-refractivity contribution in [3.05, 3.63) is 22.8 Å². The fourth-order valence-corrected chi connectivity index (χ4v) is 3.67. The van der Waals surface area contributed by atoms with Gasteiger partial charge in [0.25, 0.3) is 0 Å². The van der Waals surface area contributed by atoms with Crippen LogP contribution in [-0.4, -0.2) is 27.4 Å². The lowest BCUT2D eigenvalue weighted by molar-refractivity contribution is -0.0426. The van der Waals surface area contributed by atoms with Crippen molar-refractivity contribution in [2.75, 3.05) is 12.9 Å². The molecule has 5 heteroatoms. The molecular weight excluding hydrogens is 250 g/mol. The van der Waals surface area contributed by atoms with Gasteiger partial charge < -0.3 is 10.5 Å². The first-order valence-corrected chi connectivity index (χ1v) is 8.22. The molecule has 1 fully saturated rings. The number of ether oxygens (including phenoxy) is 1. The lowest BCUT2D eigenvalue weighted by atomic mass is 9.75. The molecule has 0 saturated carbocycles. The van der Waals surface area contributed by atoms with Crippen LogP contribution in [0, 0.1) is 5.41 Å². The number of hydrogen-bond acceptors (Lipinski definition) is 4. The maximum absolute atomic E-state index is 11.7. The molecule has 2 aliphatic rings. The van der Waals surface area contributed by atoms with E-state index in [1.165, 1.54) is 6.26 Å². The van der Waals surface area contributed by atoms with Gasteiger partial charge in [0.15, 0.2) is 9.84 Å². The van der Waals surface area contributed by atoms with Gasteiger partial charge in [-0.2, -0.15) is 0 Å². The predicted octanol–water partition coefficient (Wildman–Crippen LogP) is 1.74. The molecule has 0 aromatic rings. The first kappa shape index (κ1) is 13.6. The zero-order chi connectivity index (χ0) is 13.4. The molecule has 2 N–H and O–H groups in total. The van der Waals surface area contributed by atoms with Crippen molar-refractivity contribution in [3.63, 3.8) is 0 Å². The van der Waals surface area contributed by atoms with E-state index in [2.05, 4.69) is 6.92 Å². The molecule has 1 unspecified atom stereocenters. The third kappa shape index (κ3) is 2.62. The summed E-state index contributed by atoms with van der Waals surface area (Å²) in [6, 6.07) is 0. The van der Waals surface area contributed by atoms with Crippen LogP contribution in [0.25, 0.3) is 0 Å². The summed E-state index contributed by atoms with van der Waals surface area (Å²) < 4.78 is 29.3. The van der Waals surface area contributed by atoms with E-state index >= 15 is 0 Å². The minimum atomic E-state index is -3.27. The first-order chi connectivity index (χ1) is 8.33. The number of allylic oxidation sites excluding steroid dienone is 1. The first-order valence-electron chi connectivity index (χ1n) is 6.33. The highest BCUT2D eigenvalue weighted by Gasteiger charge is 2.37. The second-order valence-corrected chi connectivity index (χ2v) is 7.49. The van der Waals surface area contributed by atoms with Gasteiger partial charge in [0.1, 0.15) is 0 Å². The van der Waals surface area contributed by atoms with Crippen molar-refractivity contribution in [1.29, 1.82) is 0 Å². The summed E-state index contributed by atoms with van der Waals surface area (Å²) in [5.74, 6) is 0. The fraction of sp³-hybridized carbons (Fsp3) is 0.692. The van der Waals surface area contributed by atoms with E-state index in [1.807, 2.05) is 6.08 Å². The van der Waals surface area contributed by atoms with Gasteiger partial charge in [-0.15, -0.1) is 0 Å². The third-order valence-electron chi connectivity index (χ3n) is 3.82. The molecule has 102 valence electrons. The normalized spacial score (nSPS) is 33.8.